The second kappa shape index (κ2) is 3.86. The highest BCUT2D eigenvalue weighted by atomic mass is 35.5. The molecule has 0 amide bonds. The van der Waals surface area contributed by atoms with Crippen LogP contribution in [0.3, 0.4) is 0 Å². The van der Waals surface area contributed by atoms with Gasteiger partial charge in [0.2, 0.25) is 5.03 Å². The maximum Gasteiger partial charge on any atom is 0.350 e. The Labute approximate surface area is 86.9 Å². The molecule has 7 heteroatoms. The highest BCUT2D eigenvalue weighted by Gasteiger charge is 2.25. The summed E-state index contributed by atoms with van der Waals surface area (Å²) in [4.78, 5) is 0. The number of aromatic nitrogens is 2. The Morgan fingerprint density at radius 1 is 1.71 bits per heavy atom. The molecule has 80 valence electrons. The lowest BCUT2D eigenvalue weighted by Gasteiger charge is -2.10. The van der Waals surface area contributed by atoms with E-state index >= 15 is 0 Å². The Bertz CT molecular complexity index is 429. The summed E-state index contributed by atoms with van der Waals surface area (Å²) in [5, 5.41) is 2.97. The van der Waals surface area contributed by atoms with Gasteiger partial charge in [-0.25, -0.2) is 4.68 Å². The zero-order valence-corrected chi connectivity index (χ0v) is 9.31. The van der Waals surface area contributed by atoms with Crippen LogP contribution >= 0.6 is 11.6 Å². The van der Waals surface area contributed by atoms with E-state index in [0.29, 0.717) is 6.42 Å². The molecule has 1 rings (SSSR count). The van der Waals surface area contributed by atoms with Crippen molar-refractivity contribution >= 4 is 21.8 Å². The second-order valence-corrected chi connectivity index (χ2v) is 4.61. The van der Waals surface area contributed by atoms with Crippen LogP contribution in [0.25, 0.3) is 0 Å². The lowest BCUT2D eigenvalue weighted by molar-refractivity contribution is 0.430. The van der Waals surface area contributed by atoms with Gasteiger partial charge in [0.05, 0.1) is 12.2 Å². The maximum atomic E-state index is 12.8. The van der Waals surface area contributed by atoms with Crippen LogP contribution in [0, 0.1) is 0 Å². The summed E-state index contributed by atoms with van der Waals surface area (Å²) >= 11 is 5.53. The van der Waals surface area contributed by atoms with Gasteiger partial charge in [0.1, 0.15) is 5.02 Å². The van der Waals surface area contributed by atoms with E-state index in [1.807, 2.05) is 6.92 Å². The van der Waals surface area contributed by atoms with Crippen LogP contribution in [0.5, 0.6) is 0 Å². The van der Waals surface area contributed by atoms with E-state index in [-0.39, 0.29) is 11.1 Å². The molecular weight excluding hydrogens is 231 g/mol. The summed E-state index contributed by atoms with van der Waals surface area (Å²) in [6.45, 7) is 3.58. The van der Waals surface area contributed by atoms with Gasteiger partial charge >= 0.3 is 10.2 Å². The smallest absolute Gasteiger partial charge is 0.248 e. The number of hydrogen-bond acceptors (Lipinski definition) is 3. The monoisotopic (exact) mass is 240 g/mol. The van der Waals surface area contributed by atoms with Crippen molar-refractivity contribution in [2.45, 2.75) is 31.3 Å². The Morgan fingerprint density at radius 3 is 2.71 bits per heavy atom. The van der Waals surface area contributed by atoms with E-state index in [4.69, 9.17) is 11.6 Å². The molecule has 0 N–H and O–H groups in total. The fourth-order valence-electron chi connectivity index (χ4n) is 1.05. The van der Waals surface area contributed by atoms with Crippen molar-refractivity contribution in [1.29, 1.82) is 0 Å². The molecule has 0 aliphatic rings. The molecule has 0 bridgehead atoms. The summed E-state index contributed by atoms with van der Waals surface area (Å²) in [6.07, 6.45) is 1.76. The van der Waals surface area contributed by atoms with Crippen LogP contribution < -0.4 is 0 Å². The first kappa shape index (κ1) is 11.5. The molecule has 4 nitrogen and oxygen atoms in total. The fourth-order valence-corrected chi connectivity index (χ4v) is 2.19. The Balaban J connectivity index is 3.34. The first-order valence-electron chi connectivity index (χ1n) is 4.05. The van der Waals surface area contributed by atoms with E-state index in [1.165, 1.54) is 0 Å². The number of nitrogens with zero attached hydrogens (tertiary/aromatic N) is 2. The third-order valence-corrected chi connectivity index (χ3v) is 3.20. The number of halogens is 2. The Kier molecular flexibility index (Phi) is 3.16. The lowest BCUT2D eigenvalue weighted by atomic mass is 10.3. The van der Waals surface area contributed by atoms with E-state index in [2.05, 4.69) is 5.10 Å². The Morgan fingerprint density at radius 2 is 2.29 bits per heavy atom. The molecule has 0 saturated heterocycles. The van der Waals surface area contributed by atoms with Crippen molar-refractivity contribution in [3.8, 4) is 0 Å². The zero-order valence-electron chi connectivity index (χ0n) is 7.74. The largest absolute Gasteiger partial charge is 0.350 e. The van der Waals surface area contributed by atoms with E-state index in [9.17, 15) is 12.3 Å². The molecule has 0 radical (unpaired) electrons. The van der Waals surface area contributed by atoms with Gasteiger partial charge in [-0.05, 0) is 13.3 Å². The second-order valence-electron chi connectivity index (χ2n) is 2.94. The van der Waals surface area contributed by atoms with Crippen LogP contribution in [0.1, 0.15) is 26.3 Å². The molecule has 1 heterocycles. The first-order valence-corrected chi connectivity index (χ1v) is 5.81. The fraction of sp³-hybridized carbons (Fsp3) is 0.571. The minimum atomic E-state index is -4.81. The van der Waals surface area contributed by atoms with Gasteiger partial charge < -0.3 is 0 Å². The SMILES string of the molecule is CCC(C)n1ncc(Cl)c1S(=O)(=O)F. The molecular formula is C7H10ClFN2O2S. The summed E-state index contributed by atoms with van der Waals surface area (Å²) in [7, 11) is -4.81. The van der Waals surface area contributed by atoms with Crippen molar-refractivity contribution in [3.05, 3.63) is 11.2 Å². The van der Waals surface area contributed by atoms with Gasteiger partial charge in [0, 0.05) is 0 Å². The van der Waals surface area contributed by atoms with Gasteiger partial charge in [-0.3, -0.25) is 0 Å². The van der Waals surface area contributed by atoms with Gasteiger partial charge in [-0.2, -0.15) is 13.5 Å². The zero-order chi connectivity index (χ0) is 10.9. The quantitative estimate of drug-likeness (QED) is 0.761. The van der Waals surface area contributed by atoms with Crippen LogP contribution in [-0.2, 0) is 10.2 Å². The van der Waals surface area contributed by atoms with Gasteiger partial charge in [-0.15, -0.1) is 0 Å². The van der Waals surface area contributed by atoms with Crippen molar-refractivity contribution in [1.82, 2.24) is 9.78 Å². The van der Waals surface area contributed by atoms with Crippen LogP contribution in [0.2, 0.25) is 5.02 Å². The van der Waals surface area contributed by atoms with Crippen molar-refractivity contribution in [3.63, 3.8) is 0 Å². The van der Waals surface area contributed by atoms with Crippen LogP contribution in [0.15, 0.2) is 11.2 Å². The molecule has 0 spiro atoms. The van der Waals surface area contributed by atoms with Gasteiger partial charge in [-0.1, -0.05) is 22.4 Å². The molecule has 1 aromatic heterocycles. The van der Waals surface area contributed by atoms with Crippen LogP contribution in [-0.4, -0.2) is 18.2 Å². The summed E-state index contributed by atoms with van der Waals surface area (Å²) in [5.41, 5.74) is 0. The van der Waals surface area contributed by atoms with Crippen molar-refractivity contribution in [2.75, 3.05) is 0 Å². The average Bonchev–Trinajstić information content (AvgIpc) is 2.44. The minimum absolute atomic E-state index is 0.187. The third-order valence-electron chi connectivity index (χ3n) is 1.95. The topological polar surface area (TPSA) is 52.0 Å². The summed E-state index contributed by atoms with van der Waals surface area (Å²) < 4.78 is 35.4. The standard InChI is InChI=1S/C7H10ClFN2O2S/c1-3-5(2)11-7(14(9,12)13)6(8)4-10-11/h4-5H,3H2,1-2H3. The van der Waals surface area contributed by atoms with Crippen LogP contribution in [0.4, 0.5) is 3.89 Å². The Hall–Kier alpha value is -0.620. The summed E-state index contributed by atoms with van der Waals surface area (Å²) in [6, 6.07) is -0.206. The van der Waals surface area contributed by atoms with Crippen molar-refractivity contribution < 1.29 is 12.3 Å². The molecule has 0 saturated carbocycles. The molecule has 0 aromatic carbocycles. The molecule has 1 atom stereocenters. The van der Waals surface area contributed by atoms with E-state index < -0.39 is 15.2 Å². The number of rotatable bonds is 3. The predicted octanol–water partition coefficient (Wildman–Crippen LogP) is 2.17. The summed E-state index contributed by atoms with van der Waals surface area (Å²) in [5.74, 6) is 0. The molecule has 14 heavy (non-hydrogen) atoms. The maximum absolute atomic E-state index is 12.8. The van der Waals surface area contributed by atoms with E-state index in [1.54, 1.807) is 6.92 Å². The first-order chi connectivity index (χ1) is 6.38. The van der Waals surface area contributed by atoms with Crippen molar-refractivity contribution in [2.24, 2.45) is 0 Å². The average molecular weight is 241 g/mol. The molecule has 0 fully saturated rings. The molecule has 1 aromatic rings. The lowest BCUT2D eigenvalue weighted by Crippen LogP contribution is -2.11. The highest BCUT2D eigenvalue weighted by Crippen LogP contribution is 2.26. The third kappa shape index (κ3) is 2.06. The molecule has 0 aliphatic carbocycles. The predicted molar refractivity (Wildman–Crippen MR) is 50.5 cm³/mol. The molecule has 1 unspecified atom stereocenters. The van der Waals surface area contributed by atoms with Gasteiger partial charge in [0.25, 0.3) is 0 Å². The molecule has 0 aliphatic heterocycles. The van der Waals surface area contributed by atoms with E-state index in [0.717, 1.165) is 10.9 Å². The highest BCUT2D eigenvalue weighted by molar-refractivity contribution is 7.86. The minimum Gasteiger partial charge on any atom is -0.248 e. The van der Waals surface area contributed by atoms with Gasteiger partial charge in [0.15, 0.2) is 0 Å². The number of hydrogen-bond donors (Lipinski definition) is 0. The normalized spacial score (nSPS) is 14.3.